The Balaban J connectivity index is -0.000000127. The molecule has 3 rings (SSSR count). The number of aryl methyl sites for hydroxylation is 3. The molecule has 3 aromatic rings. The molecule has 0 saturated carbocycles. The lowest BCUT2D eigenvalue weighted by molar-refractivity contribution is 0.768. The largest absolute Gasteiger partial charge is 0.276 e. The van der Waals surface area contributed by atoms with E-state index >= 15 is 0 Å². The second-order valence-corrected chi connectivity index (χ2v) is 4.31. The second kappa shape index (κ2) is 28.4. The molecule has 0 amide bonds. The minimum Gasteiger partial charge on any atom is -0.276 e. The highest BCUT2D eigenvalue weighted by atomic mass is 15.2. The summed E-state index contributed by atoms with van der Waals surface area (Å²) in [5.41, 5.74) is 2.39. The number of aromatic nitrogens is 3. The fourth-order valence-electron chi connectivity index (χ4n) is 1.33. The maximum Gasteiger partial charge on any atom is 0.0489 e. The number of hydrogen-bond donors (Lipinski definition) is 0. The molecule has 0 atom stereocenters. The van der Waals surface area contributed by atoms with Crippen molar-refractivity contribution in [3.05, 3.63) is 84.4 Å². The predicted octanol–water partition coefficient (Wildman–Crippen LogP) is 7.52. The molecular weight excluding hydrogens is 330 g/mol. The molecule has 0 radical (unpaired) electrons. The van der Waals surface area contributed by atoms with Crippen molar-refractivity contribution in [2.75, 3.05) is 0 Å². The molecular formula is C24H43N3. The summed E-state index contributed by atoms with van der Waals surface area (Å²) in [4.78, 5) is 3.98. The lowest BCUT2D eigenvalue weighted by atomic mass is 10.2. The van der Waals surface area contributed by atoms with Gasteiger partial charge >= 0.3 is 0 Å². The number of nitrogens with zero attached hydrogens (tertiary/aromatic N) is 3. The van der Waals surface area contributed by atoms with E-state index < -0.39 is 0 Å². The van der Waals surface area contributed by atoms with Crippen LogP contribution in [0.1, 0.15) is 60.2 Å². The van der Waals surface area contributed by atoms with E-state index in [4.69, 9.17) is 0 Å². The van der Waals surface area contributed by atoms with Crippen molar-refractivity contribution in [3.8, 4) is 0 Å². The van der Waals surface area contributed by atoms with E-state index in [0.29, 0.717) is 0 Å². The van der Waals surface area contributed by atoms with Crippen LogP contribution in [-0.4, -0.2) is 14.8 Å². The van der Waals surface area contributed by atoms with Crippen LogP contribution in [0, 0.1) is 13.8 Å². The van der Waals surface area contributed by atoms with Crippen LogP contribution in [0.15, 0.2) is 73.2 Å². The normalized spacial score (nSPS) is 7.15. The van der Waals surface area contributed by atoms with Crippen LogP contribution in [0.25, 0.3) is 0 Å². The van der Waals surface area contributed by atoms with Gasteiger partial charge in [0.2, 0.25) is 0 Å². The molecule has 2 heterocycles. The minimum atomic E-state index is 0. The molecule has 3 heteroatoms. The molecule has 0 aliphatic rings. The Hall–Kier alpha value is -2.42. The van der Waals surface area contributed by atoms with Gasteiger partial charge in [-0.05, 0) is 32.0 Å². The molecule has 0 aliphatic carbocycles. The molecule has 0 bridgehead atoms. The van der Waals surface area contributed by atoms with Gasteiger partial charge in [-0.1, -0.05) is 90.9 Å². The van der Waals surface area contributed by atoms with Crippen LogP contribution < -0.4 is 0 Å². The van der Waals surface area contributed by atoms with Crippen molar-refractivity contribution >= 4 is 0 Å². The molecule has 3 nitrogen and oxygen atoms in total. The highest BCUT2D eigenvalue weighted by Crippen LogP contribution is 1.92. The quantitative estimate of drug-likeness (QED) is 0.408. The maximum atomic E-state index is 3.98. The molecule has 0 aliphatic heterocycles. The molecule has 0 saturated heterocycles. The van der Waals surface area contributed by atoms with Crippen molar-refractivity contribution in [1.82, 2.24) is 14.8 Å². The third kappa shape index (κ3) is 25.9. The highest BCUT2D eigenvalue weighted by Gasteiger charge is 1.73. The van der Waals surface area contributed by atoms with E-state index in [1.807, 2.05) is 104 Å². The van der Waals surface area contributed by atoms with E-state index in [1.54, 1.807) is 17.1 Å². The monoisotopic (exact) mass is 373 g/mol. The van der Waals surface area contributed by atoms with Crippen molar-refractivity contribution in [1.29, 1.82) is 0 Å². The van der Waals surface area contributed by atoms with Crippen LogP contribution >= 0.6 is 0 Å². The van der Waals surface area contributed by atoms with E-state index in [9.17, 15) is 0 Å². The number of hydrogen-bond acceptors (Lipinski definition) is 2. The lowest BCUT2D eigenvalue weighted by Crippen LogP contribution is -1.83. The van der Waals surface area contributed by atoms with Crippen LogP contribution in [0.4, 0.5) is 0 Å². The summed E-state index contributed by atoms with van der Waals surface area (Å²) < 4.78 is 1.75. The summed E-state index contributed by atoms with van der Waals surface area (Å²) in [5.74, 6) is 0. The summed E-state index contributed by atoms with van der Waals surface area (Å²) in [7, 11) is 1.89. The smallest absolute Gasteiger partial charge is 0.0489 e. The Morgan fingerprint density at radius 1 is 0.667 bits per heavy atom. The van der Waals surface area contributed by atoms with Crippen LogP contribution in [0.3, 0.4) is 0 Å². The Morgan fingerprint density at radius 2 is 1.19 bits per heavy atom. The van der Waals surface area contributed by atoms with Crippen molar-refractivity contribution in [3.63, 3.8) is 0 Å². The van der Waals surface area contributed by atoms with E-state index in [2.05, 4.69) is 29.1 Å². The maximum absolute atomic E-state index is 3.98. The Kier molecular flexibility index (Phi) is 33.9. The summed E-state index contributed by atoms with van der Waals surface area (Å²) >= 11 is 0. The van der Waals surface area contributed by atoms with Crippen LogP contribution in [-0.2, 0) is 7.05 Å². The van der Waals surface area contributed by atoms with Gasteiger partial charge in [-0.2, -0.15) is 5.10 Å². The number of pyridine rings is 1. The van der Waals surface area contributed by atoms with Gasteiger partial charge in [-0.25, -0.2) is 0 Å². The van der Waals surface area contributed by atoms with Gasteiger partial charge in [-0.3, -0.25) is 9.67 Å². The topological polar surface area (TPSA) is 30.7 Å². The van der Waals surface area contributed by atoms with Gasteiger partial charge in [0.25, 0.3) is 0 Å². The third-order valence-corrected chi connectivity index (χ3v) is 2.39. The first-order valence-corrected chi connectivity index (χ1v) is 9.51. The molecule has 1 aromatic carbocycles. The van der Waals surface area contributed by atoms with Crippen molar-refractivity contribution in [2.24, 2.45) is 7.05 Å². The summed E-state index contributed by atoms with van der Waals surface area (Å²) in [6, 6.07) is 18.0. The van der Waals surface area contributed by atoms with Gasteiger partial charge in [0.15, 0.2) is 0 Å². The summed E-state index contributed by atoms with van der Waals surface area (Å²) in [6.07, 6.45) is 5.43. The zero-order valence-corrected chi connectivity index (χ0v) is 18.3. The third-order valence-electron chi connectivity index (χ3n) is 2.39. The molecule has 0 spiro atoms. The van der Waals surface area contributed by atoms with Crippen molar-refractivity contribution < 1.29 is 0 Å². The van der Waals surface area contributed by atoms with Gasteiger partial charge in [0.1, 0.15) is 0 Å². The Labute approximate surface area is 169 Å². The van der Waals surface area contributed by atoms with E-state index in [-0.39, 0.29) is 7.43 Å². The molecule has 154 valence electrons. The Bertz CT molecular complexity index is 509. The molecule has 27 heavy (non-hydrogen) atoms. The zero-order valence-electron chi connectivity index (χ0n) is 18.3. The molecule has 0 N–H and O–H groups in total. The minimum absolute atomic E-state index is 0. The highest BCUT2D eigenvalue weighted by molar-refractivity contribution is 5.11. The average Bonchev–Trinajstić information content (AvgIpc) is 3.20. The molecule has 0 fully saturated rings. The van der Waals surface area contributed by atoms with Crippen LogP contribution in [0.2, 0.25) is 0 Å². The SMILES string of the molecule is C.CC.CC.CC.Cc1ccccc1.Cc1ccccn1.Cn1cccn1. The predicted molar refractivity (Wildman–Crippen MR) is 124 cm³/mol. The van der Waals surface area contributed by atoms with Gasteiger partial charge in [0, 0.05) is 31.3 Å². The first-order valence-electron chi connectivity index (χ1n) is 9.51. The number of benzene rings is 1. The first kappa shape index (κ1) is 32.3. The molecule has 2 aromatic heterocycles. The fraction of sp³-hybridized carbons (Fsp3) is 0.417. The summed E-state index contributed by atoms with van der Waals surface area (Å²) in [5, 5.41) is 3.83. The van der Waals surface area contributed by atoms with E-state index in [1.165, 1.54) is 5.56 Å². The van der Waals surface area contributed by atoms with Gasteiger partial charge < -0.3 is 0 Å². The lowest BCUT2D eigenvalue weighted by Gasteiger charge is -1.82. The second-order valence-electron chi connectivity index (χ2n) is 4.31. The first-order chi connectivity index (χ1) is 12.7. The fourth-order valence-corrected chi connectivity index (χ4v) is 1.33. The number of rotatable bonds is 0. The van der Waals surface area contributed by atoms with E-state index in [0.717, 1.165) is 5.69 Å². The average molecular weight is 374 g/mol. The summed E-state index contributed by atoms with van der Waals surface area (Å²) in [6.45, 7) is 16.1. The zero-order chi connectivity index (χ0) is 20.6. The Morgan fingerprint density at radius 3 is 1.37 bits per heavy atom. The van der Waals surface area contributed by atoms with Gasteiger partial charge in [0.05, 0.1) is 0 Å². The van der Waals surface area contributed by atoms with Crippen LogP contribution in [0.5, 0.6) is 0 Å². The molecule has 0 unspecified atom stereocenters. The van der Waals surface area contributed by atoms with Gasteiger partial charge in [-0.15, -0.1) is 0 Å². The standard InChI is InChI=1S/C7H8.C6H7N.C4H6N2.3C2H6.CH4/c1-7-5-3-2-4-6-7;1-6-4-2-3-5-7-6;1-6-4-2-3-5-6;3*1-2;/h2-6H,1H3;2-5H,1H3;2-4H,1H3;3*1-2H3;1H4. The van der Waals surface area contributed by atoms with Crippen molar-refractivity contribution in [2.45, 2.75) is 62.8 Å².